The van der Waals surface area contributed by atoms with E-state index in [-0.39, 0.29) is 0 Å². The molecule has 1 aliphatic heterocycles. The predicted octanol–water partition coefficient (Wildman–Crippen LogP) is 4.87. The summed E-state index contributed by atoms with van der Waals surface area (Å²) in [6.07, 6.45) is 2.96. The molecule has 1 atom stereocenters. The number of H-pyrrole nitrogens is 1. The van der Waals surface area contributed by atoms with Crippen LogP contribution in [-0.4, -0.2) is 16.0 Å². The van der Waals surface area contributed by atoms with Gasteiger partial charge < -0.3 is 5.32 Å². The first-order valence-electron chi connectivity index (χ1n) is 6.92. The lowest BCUT2D eigenvalue weighted by Gasteiger charge is -2.27. The van der Waals surface area contributed by atoms with Gasteiger partial charge in [0.15, 0.2) is 0 Å². The van der Waals surface area contributed by atoms with Crippen molar-refractivity contribution < 1.29 is 0 Å². The van der Waals surface area contributed by atoms with Crippen LogP contribution in [0.25, 0.3) is 10.9 Å². The fourth-order valence-corrected chi connectivity index (χ4v) is 4.08. The zero-order chi connectivity index (χ0) is 14.2. The van der Waals surface area contributed by atoms with Crippen LogP contribution in [0.4, 0.5) is 5.69 Å². The van der Waals surface area contributed by atoms with E-state index in [1.165, 1.54) is 10.5 Å². The van der Waals surface area contributed by atoms with Gasteiger partial charge >= 0.3 is 0 Å². The molecule has 1 aromatic heterocycles. The van der Waals surface area contributed by atoms with Crippen LogP contribution in [0.2, 0.25) is 5.02 Å². The van der Waals surface area contributed by atoms with Crippen LogP contribution in [-0.2, 0) is 0 Å². The van der Waals surface area contributed by atoms with Gasteiger partial charge in [0, 0.05) is 26.7 Å². The molecule has 2 N–H and O–H groups in total. The van der Waals surface area contributed by atoms with Crippen molar-refractivity contribution in [1.29, 1.82) is 0 Å². The highest BCUT2D eigenvalue weighted by molar-refractivity contribution is 7.99. The molecular formula is C16H14ClN3S. The number of halogens is 1. The Hall–Kier alpha value is -1.65. The van der Waals surface area contributed by atoms with E-state index in [4.69, 9.17) is 11.6 Å². The summed E-state index contributed by atoms with van der Waals surface area (Å²) in [5, 5.41) is 12.7. The number of aromatic amines is 1. The number of thioether (sulfide) groups is 1. The van der Waals surface area contributed by atoms with Crippen LogP contribution < -0.4 is 5.32 Å². The third-order valence-corrected chi connectivity index (χ3v) is 5.18. The standard InChI is InChI=1S/C16H14ClN3S/c17-10-4-5-16-11(8-10)14(6-7-21-16)19-13-2-1-3-15-12(13)9-18-20-15/h1-5,8-9,14,19H,6-7H2,(H,18,20). The van der Waals surface area contributed by atoms with E-state index in [0.29, 0.717) is 6.04 Å². The normalized spacial score (nSPS) is 17.7. The molecule has 0 amide bonds. The van der Waals surface area contributed by atoms with Crippen LogP contribution >= 0.6 is 23.4 Å². The fraction of sp³-hybridized carbons (Fsp3) is 0.188. The average molecular weight is 316 g/mol. The quantitative estimate of drug-likeness (QED) is 0.709. The Balaban J connectivity index is 1.73. The summed E-state index contributed by atoms with van der Waals surface area (Å²) < 4.78 is 0. The molecule has 2 aromatic carbocycles. The number of hydrogen-bond donors (Lipinski definition) is 2. The van der Waals surface area contributed by atoms with E-state index in [1.54, 1.807) is 0 Å². The largest absolute Gasteiger partial charge is 0.378 e. The lowest BCUT2D eigenvalue weighted by molar-refractivity contribution is 0.730. The molecular weight excluding hydrogens is 302 g/mol. The summed E-state index contributed by atoms with van der Waals surface area (Å²) in [4.78, 5) is 1.32. The van der Waals surface area contributed by atoms with Gasteiger partial charge in [-0.2, -0.15) is 5.10 Å². The van der Waals surface area contributed by atoms with Gasteiger partial charge in [0.1, 0.15) is 0 Å². The Morgan fingerprint density at radius 1 is 1.29 bits per heavy atom. The molecule has 21 heavy (non-hydrogen) atoms. The molecule has 5 heteroatoms. The van der Waals surface area contributed by atoms with Gasteiger partial charge in [-0.1, -0.05) is 17.7 Å². The number of rotatable bonds is 2. The van der Waals surface area contributed by atoms with Crippen LogP contribution in [0.15, 0.2) is 47.5 Å². The van der Waals surface area contributed by atoms with Gasteiger partial charge in [-0.15, -0.1) is 11.8 Å². The maximum atomic E-state index is 6.17. The molecule has 0 bridgehead atoms. The molecule has 3 aromatic rings. The highest BCUT2D eigenvalue weighted by atomic mass is 35.5. The predicted molar refractivity (Wildman–Crippen MR) is 89.3 cm³/mol. The first-order chi connectivity index (χ1) is 10.3. The number of fused-ring (bicyclic) bond motifs is 2. The van der Waals surface area contributed by atoms with Crippen LogP contribution in [0, 0.1) is 0 Å². The van der Waals surface area contributed by atoms with E-state index in [0.717, 1.165) is 33.8 Å². The summed E-state index contributed by atoms with van der Waals surface area (Å²) in [5.41, 5.74) is 3.46. The minimum Gasteiger partial charge on any atom is -0.378 e. The van der Waals surface area contributed by atoms with Crippen molar-refractivity contribution >= 4 is 40.0 Å². The van der Waals surface area contributed by atoms with Gasteiger partial charge in [0.05, 0.1) is 17.8 Å². The topological polar surface area (TPSA) is 40.7 Å². The molecule has 0 saturated carbocycles. The lowest BCUT2D eigenvalue weighted by Crippen LogP contribution is -2.16. The molecule has 1 unspecified atom stereocenters. The van der Waals surface area contributed by atoms with E-state index >= 15 is 0 Å². The molecule has 0 radical (unpaired) electrons. The molecule has 0 spiro atoms. The van der Waals surface area contributed by atoms with E-state index in [1.807, 2.05) is 36.2 Å². The summed E-state index contributed by atoms with van der Waals surface area (Å²) >= 11 is 8.07. The summed E-state index contributed by atoms with van der Waals surface area (Å²) in [6.45, 7) is 0. The second kappa shape index (κ2) is 5.28. The number of hydrogen-bond acceptors (Lipinski definition) is 3. The van der Waals surface area contributed by atoms with Crippen molar-refractivity contribution in [2.24, 2.45) is 0 Å². The smallest absolute Gasteiger partial charge is 0.0671 e. The number of anilines is 1. The number of aromatic nitrogens is 2. The highest BCUT2D eigenvalue weighted by Crippen LogP contribution is 2.39. The maximum Gasteiger partial charge on any atom is 0.0671 e. The van der Waals surface area contributed by atoms with E-state index in [9.17, 15) is 0 Å². The third kappa shape index (κ3) is 2.39. The van der Waals surface area contributed by atoms with Crippen molar-refractivity contribution in [3.05, 3.63) is 53.2 Å². The van der Waals surface area contributed by atoms with Gasteiger partial charge in [-0.3, -0.25) is 5.10 Å². The highest BCUT2D eigenvalue weighted by Gasteiger charge is 2.21. The number of nitrogens with one attached hydrogen (secondary N) is 2. The van der Waals surface area contributed by atoms with Crippen LogP contribution in [0.3, 0.4) is 0 Å². The molecule has 0 fully saturated rings. The Kier molecular flexibility index (Phi) is 3.28. The van der Waals surface area contributed by atoms with Gasteiger partial charge in [0.25, 0.3) is 0 Å². The van der Waals surface area contributed by atoms with Crippen molar-refractivity contribution in [2.75, 3.05) is 11.1 Å². The molecule has 1 aliphatic rings. The molecule has 2 heterocycles. The maximum absolute atomic E-state index is 6.17. The second-order valence-electron chi connectivity index (χ2n) is 5.15. The van der Waals surface area contributed by atoms with E-state index in [2.05, 4.69) is 33.7 Å². The molecule has 106 valence electrons. The summed E-state index contributed by atoms with van der Waals surface area (Å²) in [7, 11) is 0. The average Bonchev–Trinajstić information content (AvgIpc) is 2.97. The van der Waals surface area contributed by atoms with Crippen molar-refractivity contribution in [2.45, 2.75) is 17.4 Å². The Bertz CT molecular complexity index is 799. The first kappa shape index (κ1) is 13.0. The Morgan fingerprint density at radius 2 is 2.24 bits per heavy atom. The molecule has 0 aliphatic carbocycles. The minimum absolute atomic E-state index is 0.292. The van der Waals surface area contributed by atoms with E-state index < -0.39 is 0 Å². The monoisotopic (exact) mass is 315 g/mol. The zero-order valence-electron chi connectivity index (χ0n) is 11.3. The second-order valence-corrected chi connectivity index (χ2v) is 6.73. The Morgan fingerprint density at radius 3 is 3.19 bits per heavy atom. The van der Waals surface area contributed by atoms with Crippen molar-refractivity contribution in [3.63, 3.8) is 0 Å². The Labute approximate surface area is 132 Å². The lowest BCUT2D eigenvalue weighted by atomic mass is 10.0. The zero-order valence-corrected chi connectivity index (χ0v) is 12.8. The fourth-order valence-electron chi connectivity index (χ4n) is 2.80. The number of nitrogens with zero attached hydrogens (tertiary/aromatic N) is 1. The first-order valence-corrected chi connectivity index (χ1v) is 8.28. The third-order valence-electron chi connectivity index (χ3n) is 3.83. The van der Waals surface area contributed by atoms with Gasteiger partial charge in [-0.25, -0.2) is 0 Å². The van der Waals surface area contributed by atoms with Crippen molar-refractivity contribution in [1.82, 2.24) is 10.2 Å². The minimum atomic E-state index is 0.292. The summed E-state index contributed by atoms with van der Waals surface area (Å²) in [5.74, 6) is 1.12. The summed E-state index contributed by atoms with van der Waals surface area (Å²) in [6, 6.07) is 12.6. The molecule has 0 saturated heterocycles. The van der Waals surface area contributed by atoms with Gasteiger partial charge in [0.2, 0.25) is 0 Å². The van der Waals surface area contributed by atoms with Crippen LogP contribution in [0.1, 0.15) is 18.0 Å². The van der Waals surface area contributed by atoms with Gasteiger partial charge in [-0.05, 0) is 42.3 Å². The molecule has 3 nitrogen and oxygen atoms in total. The SMILES string of the molecule is Clc1ccc2c(c1)C(Nc1cccc3[nH]ncc13)CCS2. The number of benzene rings is 2. The van der Waals surface area contributed by atoms with Crippen LogP contribution in [0.5, 0.6) is 0 Å². The van der Waals surface area contributed by atoms with Crippen molar-refractivity contribution in [3.8, 4) is 0 Å². The molecule has 4 rings (SSSR count).